The van der Waals surface area contributed by atoms with E-state index in [0.29, 0.717) is 5.02 Å². The largest absolute Gasteiger partial charge is 0.496 e. The normalized spacial score (nSPS) is 21.2. The molecule has 0 amide bonds. The first-order chi connectivity index (χ1) is 8.66. The molecule has 3 nitrogen and oxygen atoms in total. The fourth-order valence-electron chi connectivity index (χ4n) is 2.03. The van der Waals surface area contributed by atoms with Gasteiger partial charge in [-0.15, -0.1) is 0 Å². The van der Waals surface area contributed by atoms with Crippen molar-refractivity contribution in [3.05, 3.63) is 23.0 Å². The van der Waals surface area contributed by atoms with Gasteiger partial charge in [-0.1, -0.05) is 25.4 Å². The van der Waals surface area contributed by atoms with Gasteiger partial charge in [0.05, 0.1) is 21.9 Å². The Kier molecular flexibility index (Phi) is 3.71. The molecule has 1 aromatic heterocycles. The molecule has 2 rings (SSSR count). The molecule has 1 aromatic rings. The summed E-state index contributed by atoms with van der Waals surface area (Å²) < 4.78 is 12.1. The zero-order valence-corrected chi connectivity index (χ0v) is 13.2. The van der Waals surface area contributed by atoms with Gasteiger partial charge in [0, 0.05) is 11.7 Å². The lowest BCUT2D eigenvalue weighted by atomic mass is 9.78. The van der Waals surface area contributed by atoms with Crippen molar-refractivity contribution in [1.29, 1.82) is 0 Å². The first-order valence-corrected chi connectivity index (χ1v) is 7.03. The summed E-state index contributed by atoms with van der Waals surface area (Å²) in [5.41, 5.74) is 1.03. The third kappa shape index (κ3) is 2.54. The molecule has 0 spiro atoms. The lowest BCUT2D eigenvalue weighted by molar-refractivity contribution is 0.00578. The molecule has 1 aliphatic heterocycles. The average Bonchev–Trinajstić information content (AvgIpc) is 2.47. The molecule has 0 unspecified atom stereocenters. The van der Waals surface area contributed by atoms with E-state index in [9.17, 15) is 0 Å². The summed E-state index contributed by atoms with van der Waals surface area (Å²) in [6.07, 6.45) is 1.77. The van der Waals surface area contributed by atoms with Crippen LogP contribution in [0.2, 0.25) is 5.02 Å². The van der Waals surface area contributed by atoms with Gasteiger partial charge in [-0.3, -0.25) is 4.98 Å². The van der Waals surface area contributed by atoms with Crippen LogP contribution in [0.5, 0.6) is 0 Å². The van der Waals surface area contributed by atoms with Gasteiger partial charge in [-0.25, -0.2) is 0 Å². The van der Waals surface area contributed by atoms with Crippen molar-refractivity contribution in [3.63, 3.8) is 0 Å². The van der Waals surface area contributed by atoms with E-state index in [1.807, 2.05) is 33.8 Å². The fraction of sp³-hybridized carbons (Fsp3) is 0.643. The maximum absolute atomic E-state index is 6.45. The highest BCUT2D eigenvalue weighted by atomic mass is 35.5. The van der Waals surface area contributed by atoms with Crippen LogP contribution in [0.1, 0.15) is 53.2 Å². The van der Waals surface area contributed by atoms with Crippen molar-refractivity contribution in [2.45, 2.75) is 58.7 Å². The number of rotatable bonds is 2. The molecule has 19 heavy (non-hydrogen) atoms. The SMILES string of the molecule is CC(C)c1nccc(B2OC(C)(C)C(C)(C)O2)c1Cl. The quantitative estimate of drug-likeness (QED) is 0.780. The van der Waals surface area contributed by atoms with Crippen molar-refractivity contribution in [3.8, 4) is 0 Å². The first-order valence-electron chi connectivity index (χ1n) is 6.65. The van der Waals surface area contributed by atoms with Crippen LogP contribution in [0.3, 0.4) is 0 Å². The Morgan fingerprint density at radius 3 is 2.16 bits per heavy atom. The van der Waals surface area contributed by atoms with Gasteiger partial charge in [0.1, 0.15) is 0 Å². The number of hydrogen-bond acceptors (Lipinski definition) is 3. The van der Waals surface area contributed by atoms with Crippen LogP contribution < -0.4 is 5.46 Å². The number of hydrogen-bond donors (Lipinski definition) is 0. The molecule has 0 radical (unpaired) electrons. The highest BCUT2D eigenvalue weighted by Gasteiger charge is 2.52. The van der Waals surface area contributed by atoms with Crippen molar-refractivity contribution in [2.24, 2.45) is 0 Å². The number of halogens is 1. The van der Waals surface area contributed by atoms with E-state index in [1.54, 1.807) is 6.20 Å². The maximum Gasteiger partial charge on any atom is 0.496 e. The molecular weight excluding hydrogens is 260 g/mol. The number of nitrogens with zero attached hydrogens (tertiary/aromatic N) is 1. The molecule has 1 saturated heterocycles. The molecule has 1 fully saturated rings. The summed E-state index contributed by atoms with van der Waals surface area (Å²) in [5.74, 6) is 0.273. The van der Waals surface area contributed by atoms with Crippen LogP contribution >= 0.6 is 11.6 Å². The lowest BCUT2D eigenvalue weighted by Gasteiger charge is -2.32. The van der Waals surface area contributed by atoms with Crippen LogP contribution in [-0.4, -0.2) is 23.3 Å². The molecule has 1 aliphatic rings. The Hall–Kier alpha value is -0.575. The van der Waals surface area contributed by atoms with Crippen LogP contribution in [0.25, 0.3) is 0 Å². The van der Waals surface area contributed by atoms with E-state index in [1.165, 1.54) is 0 Å². The van der Waals surface area contributed by atoms with Crippen molar-refractivity contribution < 1.29 is 9.31 Å². The van der Waals surface area contributed by atoms with Gasteiger partial charge >= 0.3 is 7.12 Å². The van der Waals surface area contributed by atoms with Crippen LogP contribution in [0.4, 0.5) is 0 Å². The summed E-state index contributed by atoms with van der Waals surface area (Å²) in [7, 11) is -0.432. The molecule has 5 heteroatoms. The Morgan fingerprint density at radius 1 is 1.16 bits per heavy atom. The molecular formula is C14H21BClNO2. The summed E-state index contributed by atoms with van der Waals surface area (Å²) >= 11 is 6.45. The first kappa shape index (κ1) is 14.8. The molecule has 0 bridgehead atoms. The van der Waals surface area contributed by atoms with Crippen molar-refractivity contribution in [1.82, 2.24) is 4.98 Å². The Morgan fingerprint density at radius 2 is 1.68 bits per heavy atom. The van der Waals surface area contributed by atoms with Gasteiger partial charge in [0.25, 0.3) is 0 Å². The molecule has 0 N–H and O–H groups in total. The van der Waals surface area contributed by atoms with Gasteiger partial charge in [0.15, 0.2) is 0 Å². The smallest absolute Gasteiger partial charge is 0.399 e. The van der Waals surface area contributed by atoms with Gasteiger partial charge in [-0.05, 0) is 39.7 Å². The zero-order valence-electron chi connectivity index (χ0n) is 12.5. The van der Waals surface area contributed by atoms with Crippen LogP contribution in [-0.2, 0) is 9.31 Å². The Balaban J connectivity index is 2.38. The van der Waals surface area contributed by atoms with Gasteiger partial charge in [0.2, 0.25) is 0 Å². The average molecular weight is 282 g/mol. The summed E-state index contributed by atoms with van der Waals surface area (Å²) in [6.45, 7) is 12.3. The summed E-state index contributed by atoms with van der Waals surface area (Å²) in [4.78, 5) is 4.34. The van der Waals surface area contributed by atoms with Crippen molar-refractivity contribution in [2.75, 3.05) is 0 Å². The second-order valence-electron chi connectivity index (χ2n) is 6.34. The van der Waals surface area contributed by atoms with E-state index in [0.717, 1.165) is 11.2 Å². The Labute approximate surface area is 120 Å². The molecule has 2 heterocycles. The van der Waals surface area contributed by atoms with Gasteiger partial charge in [-0.2, -0.15) is 0 Å². The van der Waals surface area contributed by atoms with E-state index >= 15 is 0 Å². The highest BCUT2D eigenvalue weighted by molar-refractivity contribution is 6.65. The third-order valence-corrected chi connectivity index (χ3v) is 4.41. The van der Waals surface area contributed by atoms with Crippen LogP contribution in [0.15, 0.2) is 12.3 Å². The maximum atomic E-state index is 6.45. The summed E-state index contributed by atoms with van der Waals surface area (Å²) in [5, 5.41) is 0.649. The fourth-order valence-corrected chi connectivity index (χ4v) is 2.45. The van der Waals surface area contributed by atoms with E-state index < -0.39 is 7.12 Å². The highest BCUT2D eigenvalue weighted by Crippen LogP contribution is 2.37. The van der Waals surface area contributed by atoms with Crippen LogP contribution in [0, 0.1) is 0 Å². The number of pyridine rings is 1. The minimum absolute atomic E-state index is 0.273. The second kappa shape index (κ2) is 4.76. The van der Waals surface area contributed by atoms with E-state index in [4.69, 9.17) is 20.9 Å². The molecule has 0 atom stereocenters. The monoisotopic (exact) mass is 281 g/mol. The Bertz CT molecular complexity index is 472. The summed E-state index contributed by atoms with van der Waals surface area (Å²) in [6, 6.07) is 1.87. The molecule has 0 saturated carbocycles. The third-order valence-electron chi connectivity index (χ3n) is 4.00. The molecule has 104 valence electrons. The zero-order chi connectivity index (χ0) is 14.4. The predicted octanol–water partition coefficient (Wildman–Crippen LogP) is 3.16. The van der Waals surface area contributed by atoms with E-state index in [-0.39, 0.29) is 17.1 Å². The minimum Gasteiger partial charge on any atom is -0.399 e. The lowest BCUT2D eigenvalue weighted by Crippen LogP contribution is -2.41. The second-order valence-corrected chi connectivity index (χ2v) is 6.72. The minimum atomic E-state index is -0.432. The standard InChI is InChI=1S/C14H21BClNO2/c1-9(2)12-11(16)10(7-8-17-12)15-18-13(3,4)14(5,6)19-15/h7-9H,1-6H3. The van der Waals surface area contributed by atoms with E-state index in [2.05, 4.69) is 18.8 Å². The molecule has 0 aliphatic carbocycles. The van der Waals surface area contributed by atoms with Gasteiger partial charge < -0.3 is 9.31 Å². The topological polar surface area (TPSA) is 31.4 Å². The molecule has 0 aromatic carbocycles. The number of aromatic nitrogens is 1. The predicted molar refractivity (Wildman–Crippen MR) is 79.1 cm³/mol. The van der Waals surface area contributed by atoms with Crippen molar-refractivity contribution >= 4 is 24.2 Å².